The van der Waals surface area contributed by atoms with Crippen LogP contribution < -0.4 is 10.6 Å². The van der Waals surface area contributed by atoms with E-state index in [-0.39, 0.29) is 24.0 Å². The molecule has 2 amide bonds. The number of aliphatic carboxylic acids is 1. The predicted molar refractivity (Wildman–Crippen MR) is 119 cm³/mol. The van der Waals surface area contributed by atoms with Gasteiger partial charge in [0.2, 0.25) is 5.91 Å². The maximum absolute atomic E-state index is 12.9. The first-order valence-corrected chi connectivity index (χ1v) is 10.4. The Labute approximate surface area is 186 Å². The van der Waals surface area contributed by atoms with Crippen LogP contribution in [-0.2, 0) is 19.2 Å². The lowest BCUT2D eigenvalue weighted by Crippen LogP contribution is -2.46. The van der Waals surface area contributed by atoms with Crippen molar-refractivity contribution in [1.82, 2.24) is 10.6 Å². The molecule has 0 saturated heterocycles. The van der Waals surface area contributed by atoms with Gasteiger partial charge >= 0.3 is 5.97 Å². The Kier molecular flexibility index (Phi) is 8.63. The molecule has 3 atom stereocenters. The van der Waals surface area contributed by atoms with E-state index < -0.39 is 36.3 Å². The van der Waals surface area contributed by atoms with Gasteiger partial charge in [-0.1, -0.05) is 51.1 Å². The van der Waals surface area contributed by atoms with Crippen molar-refractivity contribution in [1.29, 1.82) is 0 Å². The SMILES string of the molecule is CC(C)[C@H](NC(=O)c1ccc2ccccc2c1)C(=O)C[C@H](C)C(=O)N[C@H](C=O)CC(=O)O. The number of benzene rings is 2. The van der Waals surface area contributed by atoms with Gasteiger partial charge in [-0.3, -0.25) is 19.2 Å². The average Bonchev–Trinajstić information content (AvgIpc) is 2.75. The molecule has 2 aromatic rings. The predicted octanol–water partition coefficient (Wildman–Crippen LogP) is 2.35. The van der Waals surface area contributed by atoms with E-state index in [1.165, 1.54) is 6.92 Å². The quantitative estimate of drug-likeness (QED) is 0.460. The number of amides is 2. The lowest BCUT2D eigenvalue weighted by atomic mass is 9.92. The maximum atomic E-state index is 12.9. The molecule has 0 aliphatic rings. The van der Waals surface area contributed by atoms with Gasteiger partial charge in [0.1, 0.15) is 6.29 Å². The molecule has 2 rings (SSSR count). The molecule has 2 aromatic carbocycles. The number of aldehydes is 1. The smallest absolute Gasteiger partial charge is 0.305 e. The zero-order chi connectivity index (χ0) is 23.8. The van der Waals surface area contributed by atoms with Crippen molar-refractivity contribution in [3.8, 4) is 0 Å². The summed E-state index contributed by atoms with van der Waals surface area (Å²) in [6, 6.07) is 10.9. The van der Waals surface area contributed by atoms with E-state index in [1.54, 1.807) is 26.0 Å². The summed E-state index contributed by atoms with van der Waals surface area (Å²) in [5, 5.41) is 15.8. The molecule has 0 unspecified atom stereocenters. The van der Waals surface area contributed by atoms with Crippen LogP contribution in [0.25, 0.3) is 10.8 Å². The minimum absolute atomic E-state index is 0.161. The highest BCUT2D eigenvalue weighted by molar-refractivity contribution is 6.01. The molecule has 0 bridgehead atoms. The van der Waals surface area contributed by atoms with Gasteiger partial charge in [-0.25, -0.2) is 0 Å². The van der Waals surface area contributed by atoms with Crippen LogP contribution in [0, 0.1) is 11.8 Å². The summed E-state index contributed by atoms with van der Waals surface area (Å²) in [4.78, 5) is 59.6. The largest absolute Gasteiger partial charge is 0.481 e. The molecule has 0 radical (unpaired) electrons. The van der Waals surface area contributed by atoms with Crippen molar-refractivity contribution in [2.45, 2.75) is 45.7 Å². The van der Waals surface area contributed by atoms with E-state index in [4.69, 9.17) is 5.11 Å². The molecule has 0 heterocycles. The molecule has 170 valence electrons. The molecule has 3 N–H and O–H groups in total. The zero-order valence-corrected chi connectivity index (χ0v) is 18.3. The highest BCUT2D eigenvalue weighted by Gasteiger charge is 2.28. The Hall–Kier alpha value is -3.55. The van der Waals surface area contributed by atoms with Gasteiger partial charge in [0.25, 0.3) is 5.91 Å². The number of Topliss-reactive ketones (excluding diaryl/α,β-unsaturated/α-hetero) is 1. The van der Waals surface area contributed by atoms with Gasteiger partial charge < -0.3 is 20.5 Å². The van der Waals surface area contributed by atoms with E-state index in [9.17, 15) is 24.0 Å². The van der Waals surface area contributed by atoms with Crippen LogP contribution >= 0.6 is 0 Å². The Morgan fingerprint density at radius 2 is 1.59 bits per heavy atom. The Balaban J connectivity index is 2.04. The first-order valence-electron chi connectivity index (χ1n) is 10.4. The van der Waals surface area contributed by atoms with Crippen LogP contribution in [0.5, 0.6) is 0 Å². The van der Waals surface area contributed by atoms with Gasteiger partial charge in [-0.05, 0) is 28.8 Å². The summed E-state index contributed by atoms with van der Waals surface area (Å²) in [6.07, 6.45) is -0.348. The number of nitrogens with one attached hydrogen (secondary N) is 2. The minimum Gasteiger partial charge on any atom is -0.481 e. The monoisotopic (exact) mass is 440 g/mol. The Bertz CT molecular complexity index is 1020. The number of rotatable bonds is 11. The third kappa shape index (κ3) is 6.73. The molecule has 8 nitrogen and oxygen atoms in total. The number of fused-ring (bicyclic) bond motifs is 1. The number of ketones is 1. The van der Waals surface area contributed by atoms with Crippen LogP contribution in [-0.4, -0.2) is 47.0 Å². The molecule has 0 fully saturated rings. The Morgan fingerprint density at radius 1 is 0.938 bits per heavy atom. The van der Waals surface area contributed by atoms with Gasteiger partial charge in [-0.15, -0.1) is 0 Å². The number of carboxylic acid groups (broad SMARTS) is 1. The summed E-state index contributed by atoms with van der Waals surface area (Å²) < 4.78 is 0. The number of carboxylic acids is 1. The molecule has 32 heavy (non-hydrogen) atoms. The topological polar surface area (TPSA) is 130 Å². The van der Waals surface area contributed by atoms with Crippen LogP contribution in [0.1, 0.15) is 44.0 Å². The highest BCUT2D eigenvalue weighted by atomic mass is 16.4. The van der Waals surface area contributed by atoms with E-state index in [2.05, 4.69) is 10.6 Å². The fourth-order valence-electron chi connectivity index (χ4n) is 3.34. The van der Waals surface area contributed by atoms with E-state index in [0.717, 1.165) is 10.8 Å². The second kappa shape index (κ2) is 11.2. The van der Waals surface area contributed by atoms with Crippen LogP contribution in [0.4, 0.5) is 0 Å². The minimum atomic E-state index is -1.22. The van der Waals surface area contributed by atoms with Gasteiger partial charge in [0.05, 0.1) is 18.5 Å². The lowest BCUT2D eigenvalue weighted by Gasteiger charge is -2.23. The van der Waals surface area contributed by atoms with Gasteiger partial charge in [0, 0.05) is 17.9 Å². The van der Waals surface area contributed by atoms with Crippen LogP contribution in [0.15, 0.2) is 42.5 Å². The van der Waals surface area contributed by atoms with Gasteiger partial charge in [-0.2, -0.15) is 0 Å². The van der Waals surface area contributed by atoms with E-state index >= 15 is 0 Å². The third-order valence-corrected chi connectivity index (χ3v) is 5.15. The van der Waals surface area contributed by atoms with Crippen molar-refractivity contribution >= 4 is 40.6 Å². The first-order chi connectivity index (χ1) is 15.1. The lowest BCUT2D eigenvalue weighted by molar-refractivity contribution is -0.139. The van der Waals surface area contributed by atoms with Crippen molar-refractivity contribution in [2.24, 2.45) is 11.8 Å². The normalized spacial score (nSPS) is 13.8. The molecule has 0 spiro atoms. The van der Waals surface area contributed by atoms with Crippen molar-refractivity contribution in [3.05, 3.63) is 48.0 Å². The summed E-state index contributed by atoms with van der Waals surface area (Å²) in [5.41, 5.74) is 0.426. The first kappa shape index (κ1) is 24.7. The van der Waals surface area contributed by atoms with Gasteiger partial charge in [0.15, 0.2) is 5.78 Å². The van der Waals surface area contributed by atoms with Crippen molar-refractivity contribution in [3.63, 3.8) is 0 Å². The molecule has 0 aliphatic carbocycles. The van der Waals surface area contributed by atoms with E-state index in [1.807, 2.05) is 30.3 Å². The maximum Gasteiger partial charge on any atom is 0.305 e. The van der Waals surface area contributed by atoms with Crippen molar-refractivity contribution < 1.29 is 29.1 Å². The molecule has 0 aromatic heterocycles. The molecular formula is C24H28N2O6. The Morgan fingerprint density at radius 3 is 2.19 bits per heavy atom. The molecule has 0 saturated carbocycles. The number of hydrogen-bond acceptors (Lipinski definition) is 5. The number of hydrogen-bond donors (Lipinski definition) is 3. The second-order valence-corrected chi connectivity index (χ2v) is 8.18. The fraction of sp³-hybridized carbons (Fsp3) is 0.375. The summed E-state index contributed by atoms with van der Waals surface area (Å²) in [7, 11) is 0. The fourth-order valence-corrected chi connectivity index (χ4v) is 3.34. The van der Waals surface area contributed by atoms with Crippen LogP contribution in [0.2, 0.25) is 0 Å². The number of carbonyl (C=O) groups excluding carboxylic acids is 4. The second-order valence-electron chi connectivity index (χ2n) is 8.18. The third-order valence-electron chi connectivity index (χ3n) is 5.15. The molecular weight excluding hydrogens is 412 g/mol. The average molecular weight is 440 g/mol. The molecule has 0 aliphatic heterocycles. The summed E-state index contributed by atoms with van der Waals surface area (Å²) in [6.45, 7) is 5.10. The standard InChI is InChI=1S/C24H28N2O6/c1-14(2)22(20(28)10-15(3)23(31)25-19(13-27)12-21(29)30)26-24(32)18-9-8-16-6-4-5-7-17(16)11-18/h4-9,11,13-15,19,22H,10,12H2,1-3H3,(H,25,31)(H,26,32)(H,29,30)/t15-,19-,22-/m0/s1. The van der Waals surface area contributed by atoms with Crippen LogP contribution in [0.3, 0.4) is 0 Å². The summed E-state index contributed by atoms with van der Waals surface area (Å²) in [5.74, 6) is -3.53. The summed E-state index contributed by atoms with van der Waals surface area (Å²) >= 11 is 0. The van der Waals surface area contributed by atoms with Crippen molar-refractivity contribution in [2.75, 3.05) is 0 Å². The highest BCUT2D eigenvalue weighted by Crippen LogP contribution is 2.17. The van der Waals surface area contributed by atoms with E-state index in [0.29, 0.717) is 11.8 Å². The number of carbonyl (C=O) groups is 5. The molecule has 8 heteroatoms. The zero-order valence-electron chi connectivity index (χ0n) is 18.3.